The van der Waals surface area contributed by atoms with Crippen LogP contribution in [-0.4, -0.2) is 12.5 Å². The molecule has 1 aliphatic carbocycles. The molecular weight excluding hydrogens is 332 g/mol. The number of fused-ring (bicyclic) bond motifs is 1. The van der Waals surface area contributed by atoms with Gasteiger partial charge in [-0.2, -0.15) is 5.26 Å². The summed E-state index contributed by atoms with van der Waals surface area (Å²) in [6.45, 7) is 12.1. The molecule has 130 valence electrons. The second kappa shape index (κ2) is 8.45. The Morgan fingerprint density at radius 2 is 2.32 bits per heavy atom. The number of hydrogen-bond donors (Lipinski definition) is 3. The topological polar surface area (TPSA) is 77.0 Å². The molecule has 0 spiro atoms. The number of carbonyl (C=O) groups is 1. The van der Waals surface area contributed by atoms with Gasteiger partial charge in [-0.25, -0.2) is 0 Å². The largest absolute Gasteiger partial charge is 0.362 e. The maximum Gasteiger partial charge on any atom is 0.250 e. The molecule has 2 unspecified atom stereocenters. The molecule has 3 N–H and O–H groups in total. The first-order valence-electron chi connectivity index (χ1n) is 8.05. The quantitative estimate of drug-likeness (QED) is 0.372. The first-order chi connectivity index (χ1) is 12.0. The van der Waals surface area contributed by atoms with Gasteiger partial charge in [0.1, 0.15) is 0 Å². The molecule has 2 aliphatic rings. The summed E-state index contributed by atoms with van der Waals surface area (Å²) in [5.41, 5.74) is 3.01. The highest BCUT2D eigenvalue weighted by atomic mass is 32.2. The predicted octanol–water partition coefficient (Wildman–Crippen LogP) is 3.03. The van der Waals surface area contributed by atoms with E-state index in [2.05, 4.69) is 47.6 Å². The van der Waals surface area contributed by atoms with E-state index in [0.29, 0.717) is 12.1 Å². The van der Waals surface area contributed by atoms with Gasteiger partial charge in [-0.05, 0) is 36.9 Å². The number of rotatable bonds is 7. The van der Waals surface area contributed by atoms with Crippen molar-refractivity contribution in [1.29, 1.82) is 5.26 Å². The molecule has 0 aromatic rings. The van der Waals surface area contributed by atoms with Crippen LogP contribution in [0.2, 0.25) is 0 Å². The molecule has 0 aromatic heterocycles. The molecular formula is C19H22N4OS. The fourth-order valence-electron chi connectivity index (χ4n) is 2.68. The first-order valence-corrected chi connectivity index (χ1v) is 8.86. The Bertz CT molecular complexity index is 752. The third-order valence-corrected chi connectivity index (χ3v) is 4.81. The predicted molar refractivity (Wildman–Crippen MR) is 102 cm³/mol. The van der Waals surface area contributed by atoms with Crippen molar-refractivity contribution in [3.8, 4) is 6.07 Å². The maximum absolute atomic E-state index is 11.8. The average molecular weight is 354 g/mol. The van der Waals surface area contributed by atoms with E-state index in [1.165, 1.54) is 11.9 Å². The van der Waals surface area contributed by atoms with Gasteiger partial charge in [-0.15, -0.1) is 0 Å². The van der Waals surface area contributed by atoms with Crippen molar-refractivity contribution in [2.75, 3.05) is 6.54 Å². The van der Waals surface area contributed by atoms with Gasteiger partial charge >= 0.3 is 0 Å². The highest BCUT2D eigenvalue weighted by molar-refractivity contribution is 8.01. The standard InChI is InChI=1S/C19H22N4OS/c1-5-15(9-13(4)19(24)21-6-2)25-23-16-8-7-12(3)17-14(10-20)11-22-18(16)17/h5,7-9,11-12,17,22-23H,1,4,6H2,2-3H3,(H,21,24)/b15-9+. The molecule has 0 bridgehead atoms. The van der Waals surface area contributed by atoms with E-state index in [4.69, 9.17) is 0 Å². The summed E-state index contributed by atoms with van der Waals surface area (Å²) in [5.74, 6) is 0.120. The minimum absolute atomic E-state index is 0.0551. The first kappa shape index (κ1) is 18.7. The molecule has 0 aromatic carbocycles. The summed E-state index contributed by atoms with van der Waals surface area (Å²) < 4.78 is 3.28. The van der Waals surface area contributed by atoms with Gasteiger partial charge in [0, 0.05) is 34.8 Å². The van der Waals surface area contributed by atoms with Crippen molar-refractivity contribution >= 4 is 17.9 Å². The van der Waals surface area contributed by atoms with Crippen LogP contribution >= 0.6 is 11.9 Å². The Morgan fingerprint density at radius 1 is 1.56 bits per heavy atom. The molecule has 25 heavy (non-hydrogen) atoms. The van der Waals surface area contributed by atoms with Crippen LogP contribution in [0.5, 0.6) is 0 Å². The Morgan fingerprint density at radius 3 is 2.96 bits per heavy atom. The lowest BCUT2D eigenvalue weighted by atomic mass is 9.83. The molecule has 0 saturated heterocycles. The smallest absolute Gasteiger partial charge is 0.250 e. The molecule has 5 nitrogen and oxygen atoms in total. The van der Waals surface area contributed by atoms with E-state index in [1.54, 1.807) is 18.4 Å². The van der Waals surface area contributed by atoms with Crippen LogP contribution in [0.3, 0.4) is 0 Å². The molecule has 2 rings (SSSR count). The number of nitrogens with zero attached hydrogens (tertiary/aromatic N) is 1. The van der Waals surface area contributed by atoms with Gasteiger partial charge in [0.05, 0.1) is 17.3 Å². The van der Waals surface area contributed by atoms with Gasteiger partial charge < -0.3 is 15.4 Å². The lowest BCUT2D eigenvalue weighted by Crippen LogP contribution is -2.24. The molecule has 0 fully saturated rings. The summed E-state index contributed by atoms with van der Waals surface area (Å²) in [7, 11) is 0. The van der Waals surface area contributed by atoms with Crippen molar-refractivity contribution in [3.05, 3.63) is 71.1 Å². The van der Waals surface area contributed by atoms with Gasteiger partial charge in [-0.3, -0.25) is 4.79 Å². The lowest BCUT2D eigenvalue weighted by molar-refractivity contribution is -0.117. The molecule has 0 saturated carbocycles. The molecule has 2 atom stereocenters. The fraction of sp³-hybridized carbons (Fsp3) is 0.263. The Balaban J connectivity index is 2.09. The second-order valence-electron chi connectivity index (χ2n) is 5.72. The van der Waals surface area contributed by atoms with E-state index < -0.39 is 0 Å². The van der Waals surface area contributed by atoms with Crippen LogP contribution < -0.4 is 15.4 Å². The van der Waals surface area contributed by atoms with E-state index >= 15 is 0 Å². The maximum atomic E-state index is 11.8. The normalized spacial score (nSPS) is 21.6. The van der Waals surface area contributed by atoms with Crippen LogP contribution in [0.25, 0.3) is 0 Å². The van der Waals surface area contributed by atoms with E-state index in [1.807, 2.05) is 13.0 Å². The van der Waals surface area contributed by atoms with Crippen molar-refractivity contribution in [2.45, 2.75) is 13.8 Å². The Labute approximate surface area is 153 Å². The van der Waals surface area contributed by atoms with Crippen molar-refractivity contribution in [1.82, 2.24) is 15.4 Å². The summed E-state index contributed by atoms with van der Waals surface area (Å²) in [5, 5.41) is 15.2. The number of nitriles is 1. The zero-order valence-corrected chi connectivity index (χ0v) is 15.2. The number of amides is 1. The molecule has 1 aliphatic heterocycles. The molecule has 0 radical (unpaired) electrons. The summed E-state index contributed by atoms with van der Waals surface area (Å²) in [6, 6.07) is 2.25. The number of hydrogen-bond acceptors (Lipinski definition) is 5. The van der Waals surface area contributed by atoms with Crippen LogP contribution in [0.4, 0.5) is 0 Å². The van der Waals surface area contributed by atoms with Crippen LogP contribution in [0, 0.1) is 23.2 Å². The van der Waals surface area contributed by atoms with Crippen LogP contribution in [0.15, 0.2) is 71.1 Å². The van der Waals surface area contributed by atoms with Crippen molar-refractivity contribution in [2.24, 2.45) is 11.8 Å². The molecule has 1 amide bonds. The average Bonchev–Trinajstić information content (AvgIpc) is 3.05. The lowest BCUT2D eigenvalue weighted by Gasteiger charge is -2.25. The number of nitrogens with one attached hydrogen (secondary N) is 3. The number of allylic oxidation sites excluding steroid dienone is 4. The SMILES string of the molecule is C=C/C(=C\C(=C)C(=O)NCC)SNC1=C2NC=C(C#N)C2C(C)C=C1. The van der Waals surface area contributed by atoms with E-state index in [9.17, 15) is 10.1 Å². The second-order valence-corrected chi connectivity index (χ2v) is 6.60. The molecule has 6 heteroatoms. The summed E-state index contributed by atoms with van der Waals surface area (Å²) >= 11 is 1.35. The van der Waals surface area contributed by atoms with Crippen LogP contribution in [0.1, 0.15) is 13.8 Å². The van der Waals surface area contributed by atoms with Gasteiger partial charge in [0.2, 0.25) is 0 Å². The van der Waals surface area contributed by atoms with E-state index in [0.717, 1.165) is 21.9 Å². The number of likely N-dealkylation sites (N-methyl/N-ethyl adjacent to an activating group) is 1. The highest BCUT2D eigenvalue weighted by Gasteiger charge is 2.32. The summed E-state index contributed by atoms with van der Waals surface area (Å²) in [6.07, 6.45) is 9.21. The number of carbonyl (C=O) groups excluding carboxylic acids is 1. The fourth-order valence-corrected chi connectivity index (χ4v) is 3.37. The van der Waals surface area contributed by atoms with Crippen molar-refractivity contribution < 1.29 is 4.79 Å². The molecule has 1 heterocycles. The van der Waals surface area contributed by atoms with Crippen LogP contribution in [-0.2, 0) is 4.79 Å². The third kappa shape index (κ3) is 4.25. The van der Waals surface area contributed by atoms with E-state index in [-0.39, 0.29) is 17.7 Å². The Kier molecular flexibility index (Phi) is 6.31. The van der Waals surface area contributed by atoms with Gasteiger partial charge in [-0.1, -0.05) is 32.2 Å². The highest BCUT2D eigenvalue weighted by Crippen LogP contribution is 2.37. The zero-order valence-electron chi connectivity index (χ0n) is 14.4. The monoisotopic (exact) mass is 354 g/mol. The van der Waals surface area contributed by atoms with Crippen molar-refractivity contribution in [3.63, 3.8) is 0 Å². The zero-order chi connectivity index (χ0) is 18.4. The minimum Gasteiger partial charge on any atom is -0.362 e. The van der Waals surface area contributed by atoms with Gasteiger partial charge in [0.25, 0.3) is 5.91 Å². The Hall–Kier alpha value is -2.65. The summed E-state index contributed by atoms with van der Waals surface area (Å²) in [4.78, 5) is 12.5. The minimum atomic E-state index is -0.198. The van der Waals surface area contributed by atoms with Gasteiger partial charge in [0.15, 0.2) is 0 Å². The third-order valence-electron chi connectivity index (χ3n) is 3.97.